The van der Waals surface area contributed by atoms with Gasteiger partial charge in [-0.05, 0) is 115 Å². The molecule has 2 N–H and O–H groups in total. The second-order valence-corrected chi connectivity index (χ2v) is 20.1. The number of carbonyl (C=O) groups is 1. The van der Waals surface area contributed by atoms with Crippen molar-refractivity contribution in [1.29, 1.82) is 0 Å². The number of aromatic amines is 1. The Morgan fingerprint density at radius 3 is 2.38 bits per heavy atom. The third-order valence-electron chi connectivity index (χ3n) is 16.1. The molecule has 8 nitrogen and oxygen atoms in total. The highest BCUT2D eigenvalue weighted by molar-refractivity contribution is 6.06. The Morgan fingerprint density at radius 1 is 0.880 bits per heavy atom. The molecule has 50 heavy (non-hydrogen) atoms. The molecule has 1 aromatic heterocycles. The van der Waals surface area contributed by atoms with Gasteiger partial charge in [-0.15, -0.1) is 0 Å². The van der Waals surface area contributed by atoms with E-state index in [1.165, 1.54) is 22.2 Å². The first kappa shape index (κ1) is 32.8. The van der Waals surface area contributed by atoms with E-state index < -0.39 is 27.8 Å². The number of Topliss-reactive ketones (excluding diaryl/α,β-unsaturated/α-hetero) is 1. The van der Waals surface area contributed by atoms with Crippen molar-refractivity contribution in [2.45, 2.75) is 178 Å². The summed E-state index contributed by atoms with van der Waals surface area (Å²) in [6, 6.07) is 4.20. The number of carbonyl (C=O) groups excluding carboxylic acids is 1. The molecule has 4 saturated heterocycles. The number of epoxide rings is 1. The van der Waals surface area contributed by atoms with Crippen LogP contribution >= 0.6 is 0 Å². The standard InChI is InChI=1S/C42H57NO7/c1-20(2)17-28-47-32-34(38(7,8)48-28)46-27-14-15-39(9)40(10)21(13-16-41(39,45)42(27)35(32)49-42)18-24-29-23-19-25-30(37(5,6)50-36(25,3)4)31(44)22(23)11-12-26(29)43-33(24)40/h11-12,20-21,25,27-28,30,32,34-35,43,45H,13-19H2,1-10H3. The zero-order valence-corrected chi connectivity index (χ0v) is 31.7. The minimum Gasteiger partial charge on any atom is -0.386 e. The number of H-pyrrole nitrogens is 1. The van der Waals surface area contributed by atoms with Crippen LogP contribution in [-0.4, -0.2) is 74.6 Å². The van der Waals surface area contributed by atoms with E-state index in [2.05, 4.69) is 86.4 Å². The van der Waals surface area contributed by atoms with Crippen LogP contribution in [0.1, 0.15) is 129 Å². The van der Waals surface area contributed by atoms with E-state index in [1.54, 1.807) is 0 Å². The van der Waals surface area contributed by atoms with Gasteiger partial charge in [0.1, 0.15) is 23.9 Å². The molecule has 12 atom stereocenters. The molecule has 1 spiro atoms. The molecule has 2 saturated carbocycles. The van der Waals surface area contributed by atoms with Gasteiger partial charge in [0, 0.05) is 45.3 Å². The molecule has 5 heterocycles. The molecule has 4 aliphatic carbocycles. The van der Waals surface area contributed by atoms with Crippen molar-refractivity contribution in [3.63, 3.8) is 0 Å². The topological polar surface area (TPSA) is 103 Å². The minimum absolute atomic E-state index is 0.126. The molecular weight excluding hydrogens is 630 g/mol. The molecule has 10 rings (SSSR count). The van der Waals surface area contributed by atoms with E-state index in [0.29, 0.717) is 18.3 Å². The fraction of sp³-hybridized carbons (Fsp3) is 0.786. The van der Waals surface area contributed by atoms with Crippen molar-refractivity contribution < 1.29 is 33.6 Å². The highest BCUT2D eigenvalue weighted by atomic mass is 16.8. The van der Waals surface area contributed by atoms with Crippen molar-refractivity contribution >= 4 is 16.7 Å². The number of nitrogens with one attached hydrogen (secondary N) is 1. The number of ketones is 1. The summed E-state index contributed by atoms with van der Waals surface area (Å²) in [5.74, 6) is 1.02. The van der Waals surface area contributed by atoms with Crippen molar-refractivity contribution in [1.82, 2.24) is 4.98 Å². The molecule has 8 heteroatoms. The van der Waals surface area contributed by atoms with Crippen molar-refractivity contribution in [3.8, 4) is 0 Å². The molecule has 1 aromatic carbocycles. The maximum absolute atomic E-state index is 14.3. The molecule has 0 radical (unpaired) electrons. The summed E-state index contributed by atoms with van der Waals surface area (Å²) in [5.41, 5.74) is 1.70. The first-order valence-electron chi connectivity index (χ1n) is 19.6. The smallest absolute Gasteiger partial charge is 0.169 e. The number of fused-ring (bicyclic) bond motifs is 12. The third-order valence-corrected chi connectivity index (χ3v) is 16.1. The Labute approximate surface area is 296 Å². The summed E-state index contributed by atoms with van der Waals surface area (Å²) >= 11 is 0. The van der Waals surface area contributed by atoms with Gasteiger partial charge in [-0.3, -0.25) is 4.79 Å². The number of rotatable bonds is 2. The Morgan fingerprint density at radius 2 is 1.64 bits per heavy atom. The van der Waals surface area contributed by atoms with Crippen LogP contribution in [0.5, 0.6) is 0 Å². The van der Waals surface area contributed by atoms with E-state index in [-0.39, 0.29) is 59.3 Å². The minimum atomic E-state index is -1.10. The lowest BCUT2D eigenvalue weighted by Crippen LogP contribution is -2.77. The summed E-state index contributed by atoms with van der Waals surface area (Å²) in [7, 11) is 0. The van der Waals surface area contributed by atoms with Gasteiger partial charge in [-0.25, -0.2) is 0 Å². The summed E-state index contributed by atoms with van der Waals surface area (Å²) in [6.07, 6.45) is 4.53. The predicted octanol–water partition coefficient (Wildman–Crippen LogP) is 6.95. The van der Waals surface area contributed by atoms with Crippen LogP contribution in [0.4, 0.5) is 0 Å². The van der Waals surface area contributed by atoms with E-state index in [9.17, 15) is 9.90 Å². The Hall–Kier alpha value is -1.81. The number of hydrogen-bond acceptors (Lipinski definition) is 7. The zero-order valence-electron chi connectivity index (χ0n) is 31.7. The van der Waals surface area contributed by atoms with Crippen LogP contribution in [0.2, 0.25) is 0 Å². The number of ether oxygens (including phenoxy) is 5. The predicted molar refractivity (Wildman–Crippen MR) is 188 cm³/mol. The van der Waals surface area contributed by atoms with Crippen LogP contribution in [0.25, 0.3) is 10.9 Å². The largest absolute Gasteiger partial charge is 0.386 e. The normalized spacial score (nSPS) is 48.5. The summed E-state index contributed by atoms with van der Waals surface area (Å²) in [5, 5.41) is 14.7. The molecule has 12 unspecified atom stereocenters. The van der Waals surface area contributed by atoms with Gasteiger partial charge < -0.3 is 33.8 Å². The molecule has 0 amide bonds. The van der Waals surface area contributed by atoms with Gasteiger partial charge in [-0.2, -0.15) is 0 Å². The van der Waals surface area contributed by atoms with Crippen LogP contribution in [-0.2, 0) is 41.9 Å². The van der Waals surface area contributed by atoms with Crippen molar-refractivity contribution in [3.05, 3.63) is 34.5 Å². The first-order chi connectivity index (χ1) is 23.3. The summed E-state index contributed by atoms with van der Waals surface area (Å²) in [6.45, 7) is 21.9. The highest BCUT2D eigenvalue weighted by Crippen LogP contribution is 2.75. The number of aromatic nitrogens is 1. The molecule has 0 bridgehead atoms. The van der Waals surface area contributed by atoms with Crippen LogP contribution in [0, 0.1) is 29.1 Å². The summed E-state index contributed by atoms with van der Waals surface area (Å²) in [4.78, 5) is 18.2. The van der Waals surface area contributed by atoms with Crippen molar-refractivity contribution in [2.75, 3.05) is 0 Å². The van der Waals surface area contributed by atoms with Gasteiger partial charge >= 0.3 is 0 Å². The van der Waals surface area contributed by atoms with E-state index in [1.807, 2.05) is 0 Å². The molecule has 272 valence electrons. The first-order valence-corrected chi connectivity index (χ1v) is 19.6. The van der Waals surface area contributed by atoms with Crippen LogP contribution in [0.15, 0.2) is 12.1 Å². The average Bonchev–Trinajstić information content (AvgIpc) is 3.51. The van der Waals surface area contributed by atoms with Gasteiger partial charge in [-0.1, -0.05) is 27.7 Å². The molecule has 2 aromatic rings. The lowest BCUT2D eigenvalue weighted by Gasteiger charge is -2.66. The zero-order chi connectivity index (χ0) is 35.3. The second kappa shape index (κ2) is 9.46. The Bertz CT molecular complexity index is 1840. The lowest BCUT2D eigenvalue weighted by molar-refractivity contribution is -0.355. The quantitative estimate of drug-likeness (QED) is 0.330. The fourth-order valence-corrected chi connectivity index (χ4v) is 13.8. The lowest BCUT2D eigenvalue weighted by atomic mass is 9.40. The van der Waals surface area contributed by atoms with Crippen LogP contribution < -0.4 is 0 Å². The fourth-order valence-electron chi connectivity index (χ4n) is 13.8. The maximum atomic E-state index is 14.3. The number of aliphatic hydroxyl groups is 1. The Balaban J connectivity index is 1.06. The monoisotopic (exact) mass is 687 g/mol. The molecule has 8 aliphatic rings. The third kappa shape index (κ3) is 3.59. The average molecular weight is 688 g/mol. The van der Waals surface area contributed by atoms with Gasteiger partial charge in [0.15, 0.2) is 17.7 Å². The van der Waals surface area contributed by atoms with Crippen LogP contribution in [0.3, 0.4) is 0 Å². The number of benzene rings is 1. The van der Waals surface area contributed by atoms with Gasteiger partial charge in [0.05, 0.1) is 28.8 Å². The second-order valence-electron chi connectivity index (χ2n) is 20.1. The van der Waals surface area contributed by atoms with Gasteiger partial charge in [0.25, 0.3) is 0 Å². The van der Waals surface area contributed by atoms with Crippen molar-refractivity contribution in [2.24, 2.45) is 29.1 Å². The maximum Gasteiger partial charge on any atom is 0.169 e. The van der Waals surface area contributed by atoms with E-state index >= 15 is 0 Å². The Kier molecular flexibility index (Phi) is 6.20. The number of hydrogen-bond donors (Lipinski definition) is 2. The SMILES string of the molecule is CC(C)CC1OC2C(OC3CCC4(C)C5(C)c6[nH]c7ccc8c(c7c6CC5CCC4(O)C34OC24)CC2C(C8=O)C(C)(C)OC2(C)C)C(C)(C)O1. The highest BCUT2D eigenvalue weighted by Gasteiger charge is 2.87. The molecular formula is C42H57NO7. The van der Waals surface area contributed by atoms with E-state index in [0.717, 1.165) is 49.6 Å². The molecule has 4 aliphatic heterocycles. The molecule has 6 fully saturated rings. The van der Waals surface area contributed by atoms with E-state index in [4.69, 9.17) is 23.7 Å². The van der Waals surface area contributed by atoms with Gasteiger partial charge in [0.2, 0.25) is 0 Å². The summed E-state index contributed by atoms with van der Waals surface area (Å²) < 4.78 is 33.6.